The first kappa shape index (κ1) is 27.3. The minimum atomic E-state index is -4.78. The van der Waals surface area contributed by atoms with Gasteiger partial charge in [0.25, 0.3) is 11.8 Å². The van der Waals surface area contributed by atoms with E-state index in [1.54, 1.807) is 48.1 Å². The smallest absolute Gasteiger partial charge is 0.337 e. The molecule has 1 N–H and O–H groups in total. The lowest BCUT2D eigenvalue weighted by atomic mass is 9.80. The van der Waals surface area contributed by atoms with Crippen molar-refractivity contribution in [1.82, 2.24) is 25.1 Å². The van der Waals surface area contributed by atoms with Gasteiger partial charge >= 0.3 is 6.18 Å². The number of allylic oxidation sites excluding steroid dienone is 1. The molecule has 1 aliphatic heterocycles. The second-order valence-corrected chi connectivity index (χ2v) is 9.04. The van der Waals surface area contributed by atoms with Gasteiger partial charge in [0, 0.05) is 30.3 Å². The monoisotopic (exact) mass is 557 g/mol. The summed E-state index contributed by atoms with van der Waals surface area (Å²) in [5.41, 5.74) is 1.24. The van der Waals surface area contributed by atoms with Crippen LogP contribution in [-0.4, -0.2) is 44.1 Å². The zero-order valence-electron chi connectivity index (χ0n) is 21.6. The fourth-order valence-corrected chi connectivity index (χ4v) is 4.90. The van der Waals surface area contributed by atoms with E-state index in [1.807, 2.05) is 36.4 Å². The number of hydrogen-bond acceptors (Lipinski definition) is 6. The van der Waals surface area contributed by atoms with Gasteiger partial charge in [-0.15, -0.1) is 0 Å². The van der Waals surface area contributed by atoms with Gasteiger partial charge in [-0.3, -0.25) is 14.5 Å². The summed E-state index contributed by atoms with van der Waals surface area (Å²) in [5.74, 6) is -2.58. The van der Waals surface area contributed by atoms with Gasteiger partial charge in [0.15, 0.2) is 0 Å². The number of carbonyl (C=O) groups excluding carboxylic acids is 2. The minimum Gasteiger partial charge on any atom is -0.337 e. The van der Waals surface area contributed by atoms with Gasteiger partial charge in [0.2, 0.25) is 5.82 Å². The second kappa shape index (κ2) is 11.1. The first-order chi connectivity index (χ1) is 19.7. The average molecular weight is 558 g/mol. The molecule has 0 radical (unpaired) electrons. The van der Waals surface area contributed by atoms with Crippen LogP contribution in [0.1, 0.15) is 45.8 Å². The molecule has 2 amide bonds. The molecule has 0 bridgehead atoms. The van der Waals surface area contributed by atoms with Crippen LogP contribution in [0.5, 0.6) is 0 Å². The second-order valence-electron chi connectivity index (χ2n) is 9.04. The normalized spacial score (nSPS) is 16.9. The van der Waals surface area contributed by atoms with E-state index >= 15 is 0 Å². The number of alkyl halides is 3. The number of hydrogen-bond donors (Lipinski definition) is 1. The van der Waals surface area contributed by atoms with Crippen LogP contribution >= 0.6 is 0 Å². The Hall–Kier alpha value is -5.31. The molecular formula is C29H22F3N7O2. The van der Waals surface area contributed by atoms with E-state index in [9.17, 15) is 22.8 Å². The Morgan fingerprint density at radius 2 is 1.83 bits per heavy atom. The third-order valence-electron chi connectivity index (χ3n) is 6.65. The highest BCUT2D eigenvalue weighted by Crippen LogP contribution is 2.42. The van der Waals surface area contributed by atoms with Gasteiger partial charge < -0.3 is 5.32 Å². The molecule has 4 aromatic rings. The highest BCUT2D eigenvalue weighted by Gasteiger charge is 2.45. The molecule has 2 aromatic carbocycles. The highest BCUT2D eigenvalue weighted by atomic mass is 19.4. The Morgan fingerprint density at radius 3 is 2.54 bits per heavy atom. The molecule has 206 valence electrons. The molecule has 3 heterocycles. The lowest BCUT2D eigenvalue weighted by molar-refractivity contribution is -0.141. The van der Waals surface area contributed by atoms with E-state index in [1.165, 1.54) is 11.0 Å². The third kappa shape index (κ3) is 5.17. The maximum atomic E-state index is 14.1. The van der Waals surface area contributed by atoms with Crippen LogP contribution in [0.4, 0.5) is 19.0 Å². The fourth-order valence-electron chi connectivity index (χ4n) is 4.90. The molecule has 0 fully saturated rings. The van der Waals surface area contributed by atoms with Gasteiger partial charge in [0.05, 0.1) is 18.0 Å². The number of aromatic nitrogens is 4. The zero-order chi connectivity index (χ0) is 29.1. The summed E-state index contributed by atoms with van der Waals surface area (Å²) in [6.07, 6.45) is 0.537. The summed E-state index contributed by atoms with van der Waals surface area (Å²) in [5, 5.41) is 16.3. The lowest BCUT2D eigenvalue weighted by Gasteiger charge is -2.38. The Bertz CT molecular complexity index is 1680. The van der Waals surface area contributed by atoms with Crippen LogP contribution in [0, 0.1) is 11.3 Å². The van der Waals surface area contributed by atoms with Gasteiger partial charge in [0.1, 0.15) is 17.6 Å². The first-order valence-corrected chi connectivity index (χ1v) is 12.6. The Morgan fingerprint density at radius 1 is 1.10 bits per heavy atom. The third-order valence-corrected chi connectivity index (χ3v) is 6.65. The Balaban J connectivity index is 1.67. The van der Waals surface area contributed by atoms with Crippen LogP contribution < -0.4 is 10.2 Å². The number of carbonyl (C=O) groups is 2. The van der Waals surface area contributed by atoms with Crippen molar-refractivity contribution in [1.29, 1.82) is 5.26 Å². The molecule has 0 saturated carbocycles. The lowest BCUT2D eigenvalue weighted by Crippen LogP contribution is -2.55. The fraction of sp³-hybridized carbons (Fsp3) is 0.172. The van der Waals surface area contributed by atoms with Crippen molar-refractivity contribution < 1.29 is 22.8 Å². The van der Waals surface area contributed by atoms with E-state index in [2.05, 4.69) is 20.4 Å². The number of nitrogens with zero attached hydrogens (tertiary/aromatic N) is 6. The van der Waals surface area contributed by atoms with E-state index in [4.69, 9.17) is 5.26 Å². The SMILES string of the molecule is CCN1C(=O)[C@@H](NC(=O)c2nccc(C(F)(F)F)n2)[C@H](c2ccccc2/C=C/C#N)c2cnn(-c3ccccc3)c21. The van der Waals surface area contributed by atoms with Crippen LogP contribution in [0.25, 0.3) is 11.8 Å². The quantitative estimate of drug-likeness (QED) is 0.349. The van der Waals surface area contributed by atoms with Crippen LogP contribution in [-0.2, 0) is 11.0 Å². The van der Waals surface area contributed by atoms with Crippen molar-refractivity contribution in [3.63, 3.8) is 0 Å². The number of rotatable bonds is 6. The summed E-state index contributed by atoms with van der Waals surface area (Å²) < 4.78 is 41.4. The van der Waals surface area contributed by atoms with Crippen molar-refractivity contribution in [2.24, 2.45) is 0 Å². The molecule has 0 aliphatic carbocycles. The minimum absolute atomic E-state index is 0.222. The summed E-state index contributed by atoms with van der Waals surface area (Å²) in [6.45, 7) is 1.99. The molecule has 9 nitrogen and oxygen atoms in total. The molecule has 2 atom stereocenters. The summed E-state index contributed by atoms with van der Waals surface area (Å²) in [7, 11) is 0. The number of amides is 2. The van der Waals surface area contributed by atoms with E-state index in [0.29, 0.717) is 34.3 Å². The average Bonchev–Trinajstić information content (AvgIpc) is 3.41. The Labute approximate surface area is 232 Å². The number of nitriles is 1. The summed E-state index contributed by atoms with van der Waals surface area (Å²) >= 11 is 0. The predicted octanol–water partition coefficient (Wildman–Crippen LogP) is 4.51. The number of nitrogens with one attached hydrogen (secondary N) is 1. The molecule has 5 rings (SSSR count). The maximum absolute atomic E-state index is 14.1. The van der Waals surface area contributed by atoms with Crippen molar-refractivity contribution >= 4 is 23.7 Å². The standard InChI is InChI=1S/C29H22F3N7O2/c1-2-38-27-21(17-35-39(27)19-11-4-3-5-12-19)23(20-13-7-6-9-18(20)10-8-15-33)24(28(38)41)37-26(40)25-34-16-14-22(36-25)29(30,31)32/h3-14,16-17,23-24H,2H2,1H3,(H,37,40)/b10-8+/t23-,24+/m1/s1. The molecule has 0 unspecified atom stereocenters. The number of para-hydroxylation sites is 1. The Kier molecular flexibility index (Phi) is 7.35. The van der Waals surface area contributed by atoms with Crippen molar-refractivity contribution in [3.8, 4) is 11.8 Å². The number of likely N-dealkylation sites (N-methyl/N-ethyl adjacent to an activating group) is 1. The number of halogens is 3. The molecule has 0 saturated heterocycles. The van der Waals surface area contributed by atoms with Crippen molar-refractivity contribution in [2.45, 2.75) is 25.1 Å². The highest BCUT2D eigenvalue weighted by molar-refractivity contribution is 6.04. The number of fused-ring (bicyclic) bond motifs is 1. The number of anilines is 1. The molecule has 12 heteroatoms. The largest absolute Gasteiger partial charge is 0.433 e. The van der Waals surface area contributed by atoms with Crippen LogP contribution in [0.2, 0.25) is 0 Å². The van der Waals surface area contributed by atoms with Gasteiger partial charge in [-0.25, -0.2) is 14.6 Å². The summed E-state index contributed by atoms with van der Waals surface area (Å²) in [6, 6.07) is 17.6. The van der Waals surface area contributed by atoms with Crippen LogP contribution in [0.3, 0.4) is 0 Å². The predicted molar refractivity (Wildman–Crippen MR) is 143 cm³/mol. The summed E-state index contributed by atoms with van der Waals surface area (Å²) in [4.78, 5) is 35.9. The van der Waals surface area contributed by atoms with Crippen LogP contribution in [0.15, 0.2) is 79.1 Å². The van der Waals surface area contributed by atoms with Gasteiger partial charge in [-0.05, 0) is 42.3 Å². The molecule has 0 spiro atoms. The maximum Gasteiger partial charge on any atom is 0.433 e. The van der Waals surface area contributed by atoms with Crippen molar-refractivity contribution in [3.05, 3.63) is 107 Å². The topological polar surface area (TPSA) is 117 Å². The zero-order valence-corrected chi connectivity index (χ0v) is 21.6. The van der Waals surface area contributed by atoms with E-state index < -0.39 is 41.5 Å². The van der Waals surface area contributed by atoms with E-state index in [-0.39, 0.29) is 6.54 Å². The first-order valence-electron chi connectivity index (χ1n) is 12.6. The van der Waals surface area contributed by atoms with Gasteiger partial charge in [-0.2, -0.15) is 23.5 Å². The molecule has 41 heavy (non-hydrogen) atoms. The molecule has 1 aliphatic rings. The van der Waals surface area contributed by atoms with Crippen molar-refractivity contribution in [2.75, 3.05) is 11.4 Å². The van der Waals surface area contributed by atoms with Gasteiger partial charge in [-0.1, -0.05) is 42.5 Å². The molecular weight excluding hydrogens is 535 g/mol. The number of benzene rings is 2. The molecule has 2 aromatic heterocycles. The van der Waals surface area contributed by atoms with E-state index in [0.717, 1.165) is 6.20 Å².